The summed E-state index contributed by atoms with van der Waals surface area (Å²) in [6.45, 7) is 2.42. The van der Waals surface area contributed by atoms with Crippen LogP contribution >= 0.6 is 0 Å². The molecule has 0 saturated heterocycles. The minimum absolute atomic E-state index is 0.0668. The summed E-state index contributed by atoms with van der Waals surface area (Å²) in [6, 6.07) is 13.2. The van der Waals surface area contributed by atoms with Crippen molar-refractivity contribution in [1.82, 2.24) is 5.32 Å². The van der Waals surface area contributed by atoms with E-state index in [1.807, 2.05) is 12.1 Å². The summed E-state index contributed by atoms with van der Waals surface area (Å²) in [5, 5.41) is 2.73. The second-order valence-electron chi connectivity index (χ2n) is 5.26. The SMILES string of the molecule is CC[C@H](Oc1ccccc1F)C(=O)NCCOc1cccc(OC)c1. The molecule has 0 unspecified atom stereocenters. The van der Waals surface area contributed by atoms with Gasteiger partial charge in [0.25, 0.3) is 5.91 Å². The van der Waals surface area contributed by atoms with E-state index >= 15 is 0 Å². The van der Waals surface area contributed by atoms with Gasteiger partial charge in [-0.3, -0.25) is 4.79 Å². The molecule has 2 aromatic rings. The molecule has 0 fully saturated rings. The summed E-state index contributed by atoms with van der Waals surface area (Å²) in [4.78, 5) is 12.2. The second-order valence-corrected chi connectivity index (χ2v) is 5.26. The van der Waals surface area contributed by atoms with Crippen LogP contribution in [0.25, 0.3) is 0 Å². The van der Waals surface area contributed by atoms with Crippen molar-refractivity contribution in [2.45, 2.75) is 19.4 Å². The van der Waals surface area contributed by atoms with Crippen LogP contribution < -0.4 is 19.5 Å². The van der Waals surface area contributed by atoms with Gasteiger partial charge in [0.2, 0.25) is 0 Å². The molecule has 1 amide bonds. The molecule has 25 heavy (non-hydrogen) atoms. The fourth-order valence-corrected chi connectivity index (χ4v) is 2.16. The van der Waals surface area contributed by atoms with E-state index in [-0.39, 0.29) is 11.7 Å². The third-order valence-electron chi connectivity index (χ3n) is 3.48. The number of carbonyl (C=O) groups excluding carboxylic acids is 1. The fraction of sp³-hybridized carbons (Fsp3) is 0.316. The Morgan fingerprint density at radius 1 is 1.16 bits per heavy atom. The van der Waals surface area contributed by atoms with Gasteiger partial charge in [0.05, 0.1) is 13.7 Å². The molecule has 1 N–H and O–H groups in total. The highest BCUT2D eigenvalue weighted by Crippen LogP contribution is 2.19. The van der Waals surface area contributed by atoms with Gasteiger partial charge < -0.3 is 19.5 Å². The predicted molar refractivity (Wildman–Crippen MR) is 92.6 cm³/mol. The van der Waals surface area contributed by atoms with Crippen molar-refractivity contribution in [3.8, 4) is 17.2 Å². The van der Waals surface area contributed by atoms with Crippen LogP contribution in [0.4, 0.5) is 4.39 Å². The first kappa shape index (κ1) is 18.6. The molecule has 0 aliphatic heterocycles. The Kier molecular flexibility index (Phi) is 7.07. The molecule has 0 saturated carbocycles. The number of methoxy groups -OCH3 is 1. The number of hydrogen-bond donors (Lipinski definition) is 1. The average molecular weight is 347 g/mol. The van der Waals surface area contributed by atoms with Gasteiger partial charge in [0.1, 0.15) is 18.1 Å². The van der Waals surface area contributed by atoms with Crippen LogP contribution in [0.2, 0.25) is 0 Å². The van der Waals surface area contributed by atoms with Gasteiger partial charge in [-0.2, -0.15) is 0 Å². The minimum Gasteiger partial charge on any atom is -0.497 e. The first-order valence-electron chi connectivity index (χ1n) is 8.09. The summed E-state index contributed by atoms with van der Waals surface area (Å²) in [7, 11) is 1.58. The maximum atomic E-state index is 13.6. The quantitative estimate of drug-likeness (QED) is 0.708. The molecular formula is C19H22FNO4. The minimum atomic E-state index is -0.756. The van der Waals surface area contributed by atoms with Crippen LogP contribution in [-0.2, 0) is 4.79 Å². The highest BCUT2D eigenvalue weighted by molar-refractivity contribution is 5.81. The lowest BCUT2D eigenvalue weighted by Crippen LogP contribution is -2.39. The monoisotopic (exact) mass is 347 g/mol. The molecule has 0 spiro atoms. The van der Waals surface area contributed by atoms with Gasteiger partial charge in [-0.15, -0.1) is 0 Å². The van der Waals surface area contributed by atoms with Crippen LogP contribution in [0.5, 0.6) is 17.2 Å². The predicted octanol–water partition coefficient (Wildman–Crippen LogP) is 3.19. The van der Waals surface area contributed by atoms with Crippen molar-refractivity contribution in [3.63, 3.8) is 0 Å². The molecule has 134 valence electrons. The molecule has 5 nitrogen and oxygen atoms in total. The fourth-order valence-electron chi connectivity index (χ4n) is 2.16. The van der Waals surface area contributed by atoms with E-state index in [1.165, 1.54) is 12.1 Å². The number of carbonyl (C=O) groups is 1. The number of halogens is 1. The van der Waals surface area contributed by atoms with E-state index in [0.29, 0.717) is 31.1 Å². The number of benzene rings is 2. The van der Waals surface area contributed by atoms with Gasteiger partial charge >= 0.3 is 0 Å². The molecule has 6 heteroatoms. The van der Waals surface area contributed by atoms with Crippen molar-refractivity contribution >= 4 is 5.91 Å². The van der Waals surface area contributed by atoms with Crippen molar-refractivity contribution in [1.29, 1.82) is 0 Å². The maximum Gasteiger partial charge on any atom is 0.261 e. The summed E-state index contributed by atoms with van der Waals surface area (Å²) in [6.07, 6.45) is -0.328. The zero-order valence-electron chi connectivity index (χ0n) is 14.3. The smallest absolute Gasteiger partial charge is 0.261 e. The lowest BCUT2D eigenvalue weighted by molar-refractivity contribution is -0.128. The Labute approximate surface area is 146 Å². The van der Waals surface area contributed by atoms with Crippen LogP contribution in [0.3, 0.4) is 0 Å². The third-order valence-corrected chi connectivity index (χ3v) is 3.48. The summed E-state index contributed by atoms with van der Waals surface area (Å²) in [5.41, 5.74) is 0. The molecule has 0 aromatic heterocycles. The summed E-state index contributed by atoms with van der Waals surface area (Å²) >= 11 is 0. The van der Waals surface area contributed by atoms with Crippen LogP contribution in [0, 0.1) is 5.82 Å². The highest BCUT2D eigenvalue weighted by Gasteiger charge is 2.19. The summed E-state index contributed by atoms with van der Waals surface area (Å²) in [5.74, 6) is 0.626. The Hall–Kier alpha value is -2.76. The Bertz CT molecular complexity index is 693. The van der Waals surface area contributed by atoms with Crippen LogP contribution in [0.1, 0.15) is 13.3 Å². The van der Waals surface area contributed by atoms with Crippen LogP contribution in [-0.4, -0.2) is 32.3 Å². The van der Waals surface area contributed by atoms with Crippen LogP contribution in [0.15, 0.2) is 48.5 Å². The highest BCUT2D eigenvalue weighted by atomic mass is 19.1. The molecule has 0 aliphatic rings. The van der Waals surface area contributed by atoms with E-state index in [9.17, 15) is 9.18 Å². The van der Waals surface area contributed by atoms with E-state index in [0.717, 1.165) is 0 Å². The molecule has 2 aromatic carbocycles. The van der Waals surface area contributed by atoms with E-state index in [1.54, 1.807) is 38.3 Å². The normalized spacial score (nSPS) is 11.5. The van der Waals surface area contributed by atoms with Crippen molar-refractivity contribution < 1.29 is 23.4 Å². The van der Waals surface area contributed by atoms with Crippen molar-refractivity contribution in [2.75, 3.05) is 20.3 Å². The van der Waals surface area contributed by atoms with Gasteiger partial charge in [0, 0.05) is 6.07 Å². The van der Waals surface area contributed by atoms with Gasteiger partial charge in [-0.25, -0.2) is 4.39 Å². The van der Waals surface area contributed by atoms with Gasteiger partial charge in [-0.05, 0) is 30.7 Å². The second kappa shape index (κ2) is 9.52. The molecule has 0 bridgehead atoms. The Morgan fingerprint density at radius 2 is 1.92 bits per heavy atom. The number of para-hydroxylation sites is 1. The first-order chi connectivity index (χ1) is 12.1. The topological polar surface area (TPSA) is 56.8 Å². The molecule has 0 heterocycles. The lowest BCUT2D eigenvalue weighted by Gasteiger charge is -2.17. The Balaban J connectivity index is 1.79. The number of rotatable bonds is 9. The van der Waals surface area contributed by atoms with Crippen molar-refractivity contribution in [2.24, 2.45) is 0 Å². The molecular weight excluding hydrogens is 325 g/mol. The average Bonchev–Trinajstić information content (AvgIpc) is 2.64. The molecule has 2 rings (SSSR count). The number of amides is 1. The van der Waals surface area contributed by atoms with Gasteiger partial charge in [0.15, 0.2) is 17.7 Å². The van der Waals surface area contributed by atoms with E-state index in [2.05, 4.69) is 5.32 Å². The molecule has 0 aliphatic carbocycles. The zero-order valence-corrected chi connectivity index (χ0v) is 14.3. The largest absolute Gasteiger partial charge is 0.497 e. The number of ether oxygens (including phenoxy) is 3. The number of hydrogen-bond acceptors (Lipinski definition) is 4. The first-order valence-corrected chi connectivity index (χ1v) is 8.09. The standard InChI is InChI=1S/C19H22FNO4/c1-3-17(25-18-10-5-4-9-16(18)20)19(22)21-11-12-24-15-8-6-7-14(13-15)23-2/h4-10,13,17H,3,11-12H2,1-2H3,(H,21,22)/t17-/m0/s1. The summed E-state index contributed by atoms with van der Waals surface area (Å²) < 4.78 is 29.7. The van der Waals surface area contributed by atoms with Gasteiger partial charge in [-0.1, -0.05) is 25.1 Å². The third kappa shape index (κ3) is 5.67. The van der Waals surface area contributed by atoms with Crippen molar-refractivity contribution in [3.05, 3.63) is 54.3 Å². The lowest BCUT2D eigenvalue weighted by atomic mass is 10.2. The Morgan fingerprint density at radius 3 is 2.64 bits per heavy atom. The molecule has 1 atom stereocenters. The molecule has 0 radical (unpaired) electrons. The maximum absolute atomic E-state index is 13.6. The number of nitrogens with one attached hydrogen (secondary N) is 1. The zero-order chi connectivity index (χ0) is 18.1. The van der Waals surface area contributed by atoms with E-state index < -0.39 is 11.9 Å². The van der Waals surface area contributed by atoms with E-state index in [4.69, 9.17) is 14.2 Å².